The Balaban J connectivity index is 1.73. The number of anilines is 1. The van der Waals surface area contributed by atoms with Crippen LogP contribution in [0.1, 0.15) is 5.69 Å². The van der Waals surface area contributed by atoms with Gasteiger partial charge >= 0.3 is 0 Å². The van der Waals surface area contributed by atoms with Gasteiger partial charge in [0, 0.05) is 18.6 Å². The van der Waals surface area contributed by atoms with Gasteiger partial charge in [-0.25, -0.2) is 15.0 Å². The second kappa shape index (κ2) is 5.07. The first-order chi connectivity index (χ1) is 10.8. The third kappa shape index (κ3) is 2.05. The number of hydrogen-bond donors (Lipinski definition) is 0. The Morgan fingerprint density at radius 2 is 1.86 bits per heavy atom. The topological polar surface area (TPSA) is 67.9 Å². The molecule has 0 saturated heterocycles. The van der Waals surface area contributed by atoms with E-state index in [1.165, 1.54) is 6.33 Å². The summed E-state index contributed by atoms with van der Waals surface area (Å²) in [5.41, 5.74) is 2.36. The zero-order valence-electron chi connectivity index (χ0n) is 12.0. The van der Waals surface area contributed by atoms with Crippen molar-refractivity contribution < 1.29 is 4.52 Å². The Bertz CT molecular complexity index is 944. The summed E-state index contributed by atoms with van der Waals surface area (Å²) in [6, 6.07) is 11.7. The Morgan fingerprint density at radius 1 is 1.00 bits per heavy atom. The van der Waals surface area contributed by atoms with E-state index >= 15 is 0 Å². The third-order valence-corrected chi connectivity index (χ3v) is 3.59. The molecule has 0 atom stereocenters. The summed E-state index contributed by atoms with van der Waals surface area (Å²) in [6.07, 6.45) is 3.26. The van der Waals surface area contributed by atoms with Gasteiger partial charge in [0.25, 0.3) is 0 Å². The predicted molar refractivity (Wildman–Crippen MR) is 83.4 cm³/mol. The molecule has 3 heterocycles. The van der Waals surface area contributed by atoms with Gasteiger partial charge in [-0.2, -0.15) is 0 Å². The molecule has 4 aromatic rings. The lowest BCUT2D eigenvalue weighted by atomic mass is 10.2. The van der Waals surface area contributed by atoms with Crippen molar-refractivity contribution >= 4 is 27.8 Å². The summed E-state index contributed by atoms with van der Waals surface area (Å²) in [6.45, 7) is 0.595. The van der Waals surface area contributed by atoms with E-state index in [9.17, 15) is 0 Å². The number of para-hydroxylation sites is 1. The minimum absolute atomic E-state index is 0.595. The van der Waals surface area contributed by atoms with Crippen molar-refractivity contribution in [1.29, 1.82) is 0 Å². The van der Waals surface area contributed by atoms with E-state index in [4.69, 9.17) is 4.52 Å². The van der Waals surface area contributed by atoms with Crippen LogP contribution in [-0.4, -0.2) is 27.2 Å². The molecule has 4 rings (SSSR count). The zero-order valence-corrected chi connectivity index (χ0v) is 12.0. The van der Waals surface area contributed by atoms with Gasteiger partial charge in [0.05, 0.1) is 11.9 Å². The second-order valence-electron chi connectivity index (χ2n) is 5.05. The number of nitrogens with zero attached hydrogens (tertiary/aromatic N) is 5. The minimum atomic E-state index is 0.595. The van der Waals surface area contributed by atoms with E-state index in [1.807, 2.05) is 48.3 Å². The number of fused-ring (bicyclic) bond motifs is 2. The largest absolute Gasteiger partial charge is 0.356 e. The molecule has 6 heteroatoms. The highest BCUT2D eigenvalue weighted by molar-refractivity contribution is 5.86. The zero-order chi connectivity index (χ0) is 14.9. The highest BCUT2D eigenvalue weighted by Gasteiger charge is 2.13. The van der Waals surface area contributed by atoms with Crippen LogP contribution in [0.4, 0.5) is 5.82 Å². The predicted octanol–water partition coefficient (Wildman–Crippen LogP) is 2.80. The van der Waals surface area contributed by atoms with Gasteiger partial charge in [-0.15, -0.1) is 0 Å². The summed E-state index contributed by atoms with van der Waals surface area (Å²) < 4.78 is 5.35. The third-order valence-electron chi connectivity index (χ3n) is 3.59. The first-order valence-corrected chi connectivity index (χ1v) is 6.93. The van der Waals surface area contributed by atoms with E-state index in [0.717, 1.165) is 27.9 Å². The summed E-state index contributed by atoms with van der Waals surface area (Å²) >= 11 is 0. The smallest absolute Gasteiger partial charge is 0.167 e. The van der Waals surface area contributed by atoms with Crippen LogP contribution < -0.4 is 4.90 Å². The Hall–Kier alpha value is -3.02. The van der Waals surface area contributed by atoms with Crippen LogP contribution in [0, 0.1) is 0 Å². The molecule has 1 aromatic carbocycles. The van der Waals surface area contributed by atoms with Crippen molar-refractivity contribution in [2.45, 2.75) is 6.54 Å². The highest BCUT2D eigenvalue weighted by Crippen LogP contribution is 2.24. The number of pyridine rings is 1. The average molecular weight is 291 g/mol. The van der Waals surface area contributed by atoms with Crippen LogP contribution in [-0.2, 0) is 6.54 Å². The molecule has 0 N–H and O–H groups in total. The van der Waals surface area contributed by atoms with E-state index in [1.54, 1.807) is 6.20 Å². The average Bonchev–Trinajstić information content (AvgIpc) is 2.97. The Morgan fingerprint density at radius 3 is 2.82 bits per heavy atom. The molecule has 0 saturated carbocycles. The maximum Gasteiger partial charge on any atom is 0.167 e. The molecule has 0 aliphatic carbocycles. The molecule has 0 aliphatic heterocycles. The van der Waals surface area contributed by atoms with E-state index in [0.29, 0.717) is 12.2 Å². The van der Waals surface area contributed by atoms with E-state index < -0.39 is 0 Å². The fourth-order valence-corrected chi connectivity index (χ4v) is 2.54. The lowest BCUT2D eigenvalue weighted by Gasteiger charge is -2.17. The molecule has 108 valence electrons. The molecule has 6 nitrogen and oxygen atoms in total. The normalized spacial score (nSPS) is 11.1. The first kappa shape index (κ1) is 12.7. The van der Waals surface area contributed by atoms with Gasteiger partial charge in [0.15, 0.2) is 11.2 Å². The van der Waals surface area contributed by atoms with Crippen molar-refractivity contribution in [3.63, 3.8) is 0 Å². The molecule has 22 heavy (non-hydrogen) atoms. The summed E-state index contributed by atoms with van der Waals surface area (Å²) in [4.78, 5) is 14.9. The van der Waals surface area contributed by atoms with Gasteiger partial charge in [0.2, 0.25) is 0 Å². The van der Waals surface area contributed by atoms with Crippen molar-refractivity contribution in [2.75, 3.05) is 11.9 Å². The lowest BCUT2D eigenvalue weighted by molar-refractivity contribution is 0.445. The molecule has 0 amide bonds. The summed E-state index contributed by atoms with van der Waals surface area (Å²) in [7, 11) is 1.97. The van der Waals surface area contributed by atoms with Crippen LogP contribution in [0.25, 0.3) is 22.0 Å². The highest BCUT2D eigenvalue weighted by atomic mass is 16.5. The summed E-state index contributed by atoms with van der Waals surface area (Å²) in [5.74, 6) is 0.824. The SMILES string of the molecule is CN(Cc1noc2ccccc12)c1ncnc2ncccc12. The van der Waals surface area contributed by atoms with Gasteiger partial charge in [-0.1, -0.05) is 17.3 Å². The van der Waals surface area contributed by atoms with Crippen LogP contribution in [0.5, 0.6) is 0 Å². The molecule has 0 fully saturated rings. The van der Waals surface area contributed by atoms with E-state index in [-0.39, 0.29) is 0 Å². The molecule has 0 spiro atoms. The van der Waals surface area contributed by atoms with Gasteiger partial charge in [-0.05, 0) is 24.3 Å². The fourth-order valence-electron chi connectivity index (χ4n) is 2.54. The number of benzene rings is 1. The first-order valence-electron chi connectivity index (χ1n) is 6.93. The molecule has 0 radical (unpaired) electrons. The number of rotatable bonds is 3. The molecule has 0 bridgehead atoms. The molecular weight excluding hydrogens is 278 g/mol. The van der Waals surface area contributed by atoms with Crippen molar-refractivity contribution in [3.8, 4) is 0 Å². The molecule has 0 unspecified atom stereocenters. The maximum absolute atomic E-state index is 5.35. The Kier molecular flexibility index (Phi) is 2.93. The summed E-state index contributed by atoms with van der Waals surface area (Å²) in [5, 5.41) is 6.10. The van der Waals surface area contributed by atoms with Gasteiger partial charge in [-0.3, -0.25) is 0 Å². The van der Waals surface area contributed by atoms with Crippen LogP contribution in [0.15, 0.2) is 53.4 Å². The van der Waals surface area contributed by atoms with Crippen molar-refractivity contribution in [1.82, 2.24) is 20.1 Å². The van der Waals surface area contributed by atoms with Gasteiger partial charge < -0.3 is 9.42 Å². The van der Waals surface area contributed by atoms with Crippen LogP contribution in [0.3, 0.4) is 0 Å². The fraction of sp³-hybridized carbons (Fsp3) is 0.125. The van der Waals surface area contributed by atoms with E-state index in [2.05, 4.69) is 20.1 Å². The standard InChI is InChI=1S/C16H13N5O/c1-21(9-13-11-5-2-3-7-14(11)22-20-13)16-12-6-4-8-17-15(12)18-10-19-16/h2-8,10H,9H2,1H3. The second-order valence-corrected chi connectivity index (χ2v) is 5.05. The molecule has 0 aliphatic rings. The van der Waals surface area contributed by atoms with Gasteiger partial charge in [0.1, 0.15) is 17.8 Å². The number of hydrogen-bond acceptors (Lipinski definition) is 6. The monoisotopic (exact) mass is 291 g/mol. The van der Waals surface area contributed by atoms with Crippen molar-refractivity contribution in [3.05, 3.63) is 54.6 Å². The van der Waals surface area contributed by atoms with Crippen molar-refractivity contribution in [2.24, 2.45) is 0 Å². The van der Waals surface area contributed by atoms with Crippen LogP contribution in [0.2, 0.25) is 0 Å². The maximum atomic E-state index is 5.35. The number of aromatic nitrogens is 4. The molecule has 3 aromatic heterocycles. The Labute approximate surface area is 126 Å². The minimum Gasteiger partial charge on any atom is -0.356 e. The van der Waals surface area contributed by atoms with Crippen LogP contribution >= 0.6 is 0 Å². The lowest BCUT2D eigenvalue weighted by Crippen LogP contribution is -2.18. The molecular formula is C16H13N5O. The quantitative estimate of drug-likeness (QED) is 0.578.